The van der Waals surface area contributed by atoms with Crippen LogP contribution in [0.25, 0.3) is 0 Å². The summed E-state index contributed by atoms with van der Waals surface area (Å²) < 4.78 is 0. The number of aromatic carboxylic acids is 1. The van der Waals surface area contributed by atoms with E-state index in [4.69, 9.17) is 10.5 Å². The van der Waals surface area contributed by atoms with Crippen molar-refractivity contribution < 1.29 is 9.90 Å². The standard InChI is InChI=1S/C12H14N4O2/c1-14-10(13)7-11(15-2)16-9-5-3-8(4-6-9)12(17)18/h3-7,13,15-16H,1H2,2H3,(H,17,18). The van der Waals surface area contributed by atoms with Gasteiger partial charge in [0.2, 0.25) is 0 Å². The molecule has 0 spiro atoms. The van der Waals surface area contributed by atoms with Crippen LogP contribution in [0.1, 0.15) is 10.4 Å². The first-order valence-electron chi connectivity index (χ1n) is 5.12. The molecule has 0 aliphatic rings. The van der Waals surface area contributed by atoms with Crippen LogP contribution in [-0.4, -0.2) is 30.7 Å². The molecule has 0 amide bonds. The number of nitrogens with one attached hydrogen (secondary N) is 3. The van der Waals surface area contributed by atoms with Crippen LogP contribution in [0.5, 0.6) is 0 Å². The second-order valence-electron chi connectivity index (χ2n) is 3.36. The number of carbonyl (C=O) groups is 1. The van der Waals surface area contributed by atoms with Crippen molar-refractivity contribution in [2.75, 3.05) is 12.4 Å². The van der Waals surface area contributed by atoms with Crippen molar-refractivity contribution in [1.82, 2.24) is 5.32 Å². The zero-order valence-electron chi connectivity index (χ0n) is 9.90. The molecule has 0 heterocycles. The Hall–Kier alpha value is -2.63. The molecule has 1 aromatic carbocycles. The highest BCUT2D eigenvalue weighted by molar-refractivity contribution is 5.94. The fraction of sp³-hybridized carbons (Fsp3) is 0.0833. The van der Waals surface area contributed by atoms with Crippen molar-refractivity contribution in [2.45, 2.75) is 0 Å². The molecule has 0 unspecified atom stereocenters. The highest BCUT2D eigenvalue weighted by Gasteiger charge is 2.02. The average molecular weight is 246 g/mol. The minimum atomic E-state index is -0.969. The van der Waals surface area contributed by atoms with E-state index in [0.29, 0.717) is 11.5 Å². The van der Waals surface area contributed by atoms with E-state index in [0.717, 1.165) is 0 Å². The maximum atomic E-state index is 10.7. The van der Waals surface area contributed by atoms with Gasteiger partial charge in [-0.2, -0.15) is 0 Å². The molecule has 18 heavy (non-hydrogen) atoms. The fourth-order valence-electron chi connectivity index (χ4n) is 1.20. The summed E-state index contributed by atoms with van der Waals surface area (Å²) in [7, 11) is 1.70. The summed E-state index contributed by atoms with van der Waals surface area (Å²) >= 11 is 0. The third kappa shape index (κ3) is 3.75. The Morgan fingerprint density at radius 3 is 2.50 bits per heavy atom. The van der Waals surface area contributed by atoms with Crippen LogP contribution >= 0.6 is 0 Å². The summed E-state index contributed by atoms with van der Waals surface area (Å²) in [5.41, 5.74) is 0.925. The van der Waals surface area contributed by atoms with Gasteiger partial charge in [0, 0.05) is 18.8 Å². The maximum Gasteiger partial charge on any atom is 0.335 e. The lowest BCUT2D eigenvalue weighted by Gasteiger charge is -2.10. The van der Waals surface area contributed by atoms with Crippen molar-refractivity contribution in [3.05, 3.63) is 41.7 Å². The van der Waals surface area contributed by atoms with E-state index in [1.807, 2.05) is 0 Å². The number of hydrogen-bond acceptors (Lipinski definition) is 4. The number of anilines is 1. The number of carboxylic acids is 1. The fourth-order valence-corrected chi connectivity index (χ4v) is 1.20. The van der Waals surface area contributed by atoms with E-state index < -0.39 is 5.97 Å². The largest absolute Gasteiger partial charge is 0.478 e. The summed E-state index contributed by atoms with van der Waals surface area (Å²) in [6.07, 6.45) is 1.47. The molecule has 0 bridgehead atoms. The Kier molecular flexibility index (Phi) is 4.62. The Morgan fingerprint density at radius 1 is 1.44 bits per heavy atom. The van der Waals surface area contributed by atoms with Crippen LogP contribution in [-0.2, 0) is 0 Å². The van der Waals surface area contributed by atoms with E-state index in [9.17, 15) is 4.79 Å². The molecular formula is C12H14N4O2. The van der Waals surface area contributed by atoms with Gasteiger partial charge < -0.3 is 15.7 Å². The normalized spacial score (nSPS) is 10.6. The predicted molar refractivity (Wildman–Crippen MR) is 71.4 cm³/mol. The Morgan fingerprint density at radius 2 is 2.06 bits per heavy atom. The van der Waals surface area contributed by atoms with Crippen molar-refractivity contribution in [2.24, 2.45) is 4.99 Å². The third-order valence-corrected chi connectivity index (χ3v) is 2.13. The van der Waals surface area contributed by atoms with Gasteiger partial charge in [-0.25, -0.2) is 9.79 Å². The molecule has 0 atom stereocenters. The number of benzene rings is 1. The molecule has 1 rings (SSSR count). The monoisotopic (exact) mass is 246 g/mol. The van der Waals surface area contributed by atoms with E-state index >= 15 is 0 Å². The first-order valence-corrected chi connectivity index (χ1v) is 5.12. The zero-order chi connectivity index (χ0) is 13.5. The van der Waals surface area contributed by atoms with E-state index in [-0.39, 0.29) is 11.4 Å². The van der Waals surface area contributed by atoms with Gasteiger partial charge in [0.1, 0.15) is 11.7 Å². The minimum absolute atomic E-state index is 0.0222. The predicted octanol–water partition coefficient (Wildman–Crippen LogP) is 1.54. The Labute approximate surface area is 105 Å². The van der Waals surface area contributed by atoms with Gasteiger partial charge in [0.15, 0.2) is 0 Å². The lowest BCUT2D eigenvalue weighted by molar-refractivity contribution is 0.0697. The molecule has 0 aliphatic carbocycles. The van der Waals surface area contributed by atoms with Gasteiger partial charge >= 0.3 is 5.97 Å². The molecule has 0 fully saturated rings. The van der Waals surface area contributed by atoms with E-state index in [1.54, 1.807) is 19.2 Å². The van der Waals surface area contributed by atoms with Gasteiger partial charge in [0.25, 0.3) is 0 Å². The van der Waals surface area contributed by atoms with Crippen molar-refractivity contribution in [3.8, 4) is 0 Å². The highest BCUT2D eigenvalue weighted by atomic mass is 16.4. The van der Waals surface area contributed by atoms with Crippen LogP contribution in [0.2, 0.25) is 0 Å². The van der Waals surface area contributed by atoms with Crippen LogP contribution in [0.4, 0.5) is 5.69 Å². The molecule has 0 aliphatic heterocycles. The maximum absolute atomic E-state index is 10.7. The summed E-state index contributed by atoms with van der Waals surface area (Å²) in [5.74, 6) is -0.381. The Bertz CT molecular complexity index is 491. The quantitative estimate of drug-likeness (QED) is 0.468. The SMILES string of the molecule is C=NC(=N)C=C(NC)Nc1ccc(C(=O)O)cc1. The molecule has 0 radical (unpaired) electrons. The lowest BCUT2D eigenvalue weighted by Crippen LogP contribution is -2.16. The van der Waals surface area contributed by atoms with Crippen molar-refractivity contribution >= 4 is 24.2 Å². The lowest BCUT2D eigenvalue weighted by atomic mass is 10.2. The average Bonchev–Trinajstić information content (AvgIpc) is 2.38. The zero-order valence-corrected chi connectivity index (χ0v) is 9.90. The molecule has 0 saturated carbocycles. The minimum Gasteiger partial charge on any atom is -0.478 e. The van der Waals surface area contributed by atoms with E-state index in [1.165, 1.54) is 18.2 Å². The summed E-state index contributed by atoms with van der Waals surface area (Å²) in [5, 5.41) is 22.0. The van der Waals surface area contributed by atoms with Gasteiger partial charge in [-0.3, -0.25) is 5.41 Å². The van der Waals surface area contributed by atoms with E-state index in [2.05, 4.69) is 22.3 Å². The van der Waals surface area contributed by atoms with Gasteiger partial charge in [-0.05, 0) is 31.0 Å². The Balaban J connectivity index is 2.82. The third-order valence-electron chi connectivity index (χ3n) is 2.13. The number of aliphatic imine (C=N–C) groups is 1. The number of rotatable bonds is 5. The molecule has 0 saturated heterocycles. The summed E-state index contributed by atoms with van der Waals surface area (Å²) in [6, 6.07) is 6.27. The smallest absolute Gasteiger partial charge is 0.335 e. The molecule has 94 valence electrons. The number of nitrogens with zero attached hydrogens (tertiary/aromatic N) is 1. The van der Waals surface area contributed by atoms with Crippen molar-refractivity contribution in [1.29, 1.82) is 5.41 Å². The van der Waals surface area contributed by atoms with Gasteiger partial charge in [-0.1, -0.05) is 0 Å². The van der Waals surface area contributed by atoms with Gasteiger partial charge in [0.05, 0.1) is 5.56 Å². The second-order valence-corrected chi connectivity index (χ2v) is 3.36. The van der Waals surface area contributed by atoms with Crippen LogP contribution in [0.15, 0.2) is 41.2 Å². The highest BCUT2D eigenvalue weighted by Crippen LogP contribution is 2.11. The number of carboxylic acid groups (broad SMARTS) is 1. The second kappa shape index (κ2) is 6.19. The molecule has 0 aromatic heterocycles. The van der Waals surface area contributed by atoms with Gasteiger partial charge in [-0.15, -0.1) is 0 Å². The first-order chi connectivity index (χ1) is 8.56. The van der Waals surface area contributed by atoms with Crippen molar-refractivity contribution in [3.63, 3.8) is 0 Å². The molecule has 6 heteroatoms. The van der Waals surface area contributed by atoms with Crippen LogP contribution < -0.4 is 10.6 Å². The number of amidine groups is 1. The van der Waals surface area contributed by atoms with Crippen LogP contribution in [0, 0.1) is 5.41 Å². The van der Waals surface area contributed by atoms with Crippen LogP contribution in [0.3, 0.4) is 0 Å². The molecule has 1 aromatic rings. The molecule has 4 N–H and O–H groups in total. The topological polar surface area (TPSA) is 97.6 Å². The summed E-state index contributed by atoms with van der Waals surface area (Å²) in [4.78, 5) is 14.1. The first kappa shape index (κ1) is 13.4. The molecular weight excluding hydrogens is 232 g/mol. The summed E-state index contributed by atoms with van der Waals surface area (Å²) in [6.45, 7) is 3.25. The molecule has 6 nitrogen and oxygen atoms in total. The number of hydrogen-bond donors (Lipinski definition) is 4.